The van der Waals surface area contributed by atoms with Gasteiger partial charge in [0.25, 0.3) is 0 Å². The Labute approximate surface area is 177 Å². The number of nitrogens with one attached hydrogen (secondary N) is 3. The minimum absolute atomic E-state index is 0. The predicted octanol–water partition coefficient (Wildman–Crippen LogP) is 3.12. The van der Waals surface area contributed by atoms with E-state index >= 15 is 0 Å². The maximum atomic E-state index is 13.5. The summed E-state index contributed by atoms with van der Waals surface area (Å²) in [5.74, 6) is 1.37. The largest absolute Gasteiger partial charge is 0.361 e. The van der Waals surface area contributed by atoms with E-state index in [1.807, 2.05) is 13.2 Å². The number of aromatic nitrogens is 1. The van der Waals surface area contributed by atoms with Crippen LogP contribution in [0.5, 0.6) is 0 Å². The third kappa shape index (κ3) is 5.13. The fourth-order valence-corrected chi connectivity index (χ4v) is 3.94. The minimum atomic E-state index is -0.194. The van der Waals surface area contributed by atoms with Crippen molar-refractivity contribution < 1.29 is 4.39 Å². The quantitative estimate of drug-likeness (QED) is 0.335. The number of H-pyrrole nitrogens is 1. The molecule has 2 heterocycles. The fourth-order valence-electron chi connectivity index (χ4n) is 3.94. The molecule has 1 aromatic heterocycles. The summed E-state index contributed by atoms with van der Waals surface area (Å²) in [5, 5.41) is 7.80. The number of hydrogen-bond donors (Lipinski definition) is 3. The molecule has 148 valence electrons. The van der Waals surface area contributed by atoms with Crippen molar-refractivity contribution in [1.29, 1.82) is 0 Å². The van der Waals surface area contributed by atoms with Crippen LogP contribution < -0.4 is 10.6 Å². The number of likely N-dealkylation sites (tertiary alicyclic amines) is 1. The molecular formula is C20H29FIN5. The SMILES string of the molecule is CN=C(NCCc1c[nH]c2ccc(F)cc12)NCC1CCN(C2CC2)C1.I. The van der Waals surface area contributed by atoms with Gasteiger partial charge in [-0.05, 0) is 61.9 Å². The van der Waals surface area contributed by atoms with Crippen molar-refractivity contribution in [2.45, 2.75) is 31.7 Å². The molecule has 0 spiro atoms. The molecule has 1 aliphatic heterocycles. The molecule has 1 atom stereocenters. The van der Waals surface area contributed by atoms with Gasteiger partial charge in [-0.1, -0.05) is 0 Å². The first-order valence-electron chi connectivity index (χ1n) is 9.67. The number of nitrogens with zero attached hydrogens (tertiary/aromatic N) is 2. The Morgan fingerprint density at radius 3 is 2.93 bits per heavy atom. The van der Waals surface area contributed by atoms with Gasteiger partial charge in [0.2, 0.25) is 0 Å². The van der Waals surface area contributed by atoms with Gasteiger partial charge in [0.05, 0.1) is 0 Å². The van der Waals surface area contributed by atoms with Gasteiger partial charge in [-0.2, -0.15) is 0 Å². The second-order valence-electron chi connectivity index (χ2n) is 7.51. The molecule has 5 nitrogen and oxygen atoms in total. The van der Waals surface area contributed by atoms with Gasteiger partial charge in [0.15, 0.2) is 5.96 Å². The second kappa shape index (κ2) is 9.23. The van der Waals surface area contributed by atoms with Crippen LogP contribution in [0.2, 0.25) is 0 Å². The lowest BCUT2D eigenvalue weighted by Crippen LogP contribution is -2.41. The van der Waals surface area contributed by atoms with Crippen LogP contribution in [0.25, 0.3) is 10.9 Å². The zero-order valence-electron chi connectivity index (χ0n) is 15.8. The predicted molar refractivity (Wildman–Crippen MR) is 119 cm³/mol. The van der Waals surface area contributed by atoms with Gasteiger partial charge in [-0.3, -0.25) is 4.99 Å². The number of halogens is 2. The fraction of sp³-hybridized carbons (Fsp3) is 0.550. The molecule has 27 heavy (non-hydrogen) atoms. The minimum Gasteiger partial charge on any atom is -0.361 e. The first-order valence-corrected chi connectivity index (χ1v) is 9.67. The van der Waals surface area contributed by atoms with Crippen molar-refractivity contribution in [3.63, 3.8) is 0 Å². The molecule has 7 heteroatoms. The van der Waals surface area contributed by atoms with Gasteiger partial charge in [0.1, 0.15) is 5.82 Å². The zero-order valence-corrected chi connectivity index (χ0v) is 18.1. The van der Waals surface area contributed by atoms with Gasteiger partial charge >= 0.3 is 0 Å². The molecule has 2 aliphatic rings. The third-order valence-electron chi connectivity index (χ3n) is 5.58. The van der Waals surface area contributed by atoms with Crippen LogP contribution in [0, 0.1) is 11.7 Å². The Balaban J connectivity index is 0.00000210. The Morgan fingerprint density at radius 2 is 2.15 bits per heavy atom. The summed E-state index contributed by atoms with van der Waals surface area (Å²) in [6.45, 7) is 4.21. The molecule has 4 rings (SSSR count). The lowest BCUT2D eigenvalue weighted by atomic mass is 10.1. The van der Waals surface area contributed by atoms with Crippen molar-refractivity contribution in [3.8, 4) is 0 Å². The first-order chi connectivity index (χ1) is 12.7. The van der Waals surface area contributed by atoms with Gasteiger partial charge < -0.3 is 20.5 Å². The Morgan fingerprint density at radius 1 is 1.30 bits per heavy atom. The van der Waals surface area contributed by atoms with E-state index in [0.717, 1.165) is 48.0 Å². The number of rotatable bonds is 6. The van der Waals surface area contributed by atoms with Crippen LogP contribution in [-0.4, -0.2) is 55.1 Å². The Kier molecular flexibility index (Phi) is 6.97. The summed E-state index contributed by atoms with van der Waals surface area (Å²) in [7, 11) is 1.81. The van der Waals surface area contributed by atoms with Crippen LogP contribution in [-0.2, 0) is 6.42 Å². The smallest absolute Gasteiger partial charge is 0.190 e. The highest BCUT2D eigenvalue weighted by atomic mass is 127. The highest BCUT2D eigenvalue weighted by Gasteiger charge is 2.34. The standard InChI is InChI=1S/C20H28FN5.HI/c1-22-20(25-11-14-7-9-26(13-14)17-3-4-17)23-8-6-15-12-24-19-5-2-16(21)10-18(15)19;/h2,5,10,12,14,17,24H,3-4,6-9,11,13H2,1H3,(H2,22,23,25);1H. The van der Waals surface area contributed by atoms with Gasteiger partial charge in [-0.15, -0.1) is 24.0 Å². The van der Waals surface area contributed by atoms with Crippen LogP contribution in [0.15, 0.2) is 29.4 Å². The molecule has 2 aromatic rings. The molecule has 3 N–H and O–H groups in total. The number of fused-ring (bicyclic) bond motifs is 1. The summed E-state index contributed by atoms with van der Waals surface area (Å²) in [6.07, 6.45) is 6.85. The topological polar surface area (TPSA) is 55.5 Å². The molecule has 0 amide bonds. The molecule has 0 radical (unpaired) electrons. The summed E-state index contributed by atoms with van der Waals surface area (Å²) >= 11 is 0. The molecule has 1 saturated heterocycles. The van der Waals surface area contributed by atoms with Crippen molar-refractivity contribution >= 4 is 40.8 Å². The maximum Gasteiger partial charge on any atom is 0.190 e. The summed E-state index contributed by atoms with van der Waals surface area (Å²) in [6, 6.07) is 5.74. The average molecular weight is 485 g/mol. The molecule has 1 unspecified atom stereocenters. The Hall–Kier alpha value is -1.35. The number of aliphatic imine (C=N–C) groups is 1. The van der Waals surface area contributed by atoms with Gasteiger partial charge in [0, 0.05) is 49.8 Å². The first kappa shape index (κ1) is 20.4. The van der Waals surface area contributed by atoms with E-state index in [4.69, 9.17) is 0 Å². The van der Waals surface area contributed by atoms with E-state index in [0.29, 0.717) is 5.92 Å². The van der Waals surface area contributed by atoms with E-state index < -0.39 is 0 Å². The van der Waals surface area contributed by atoms with E-state index in [1.54, 1.807) is 12.1 Å². The molecule has 0 bridgehead atoms. The van der Waals surface area contributed by atoms with Crippen LogP contribution >= 0.6 is 24.0 Å². The van der Waals surface area contributed by atoms with E-state index in [-0.39, 0.29) is 29.8 Å². The summed E-state index contributed by atoms with van der Waals surface area (Å²) in [5.41, 5.74) is 2.10. The molecule has 1 aliphatic carbocycles. The third-order valence-corrected chi connectivity index (χ3v) is 5.58. The normalized spacial score (nSPS) is 20.7. The number of hydrogen-bond acceptors (Lipinski definition) is 2. The molecule has 1 aromatic carbocycles. The van der Waals surface area contributed by atoms with E-state index in [2.05, 4.69) is 25.5 Å². The lowest BCUT2D eigenvalue weighted by molar-refractivity contribution is 0.314. The summed E-state index contributed by atoms with van der Waals surface area (Å²) in [4.78, 5) is 10.2. The molecular weight excluding hydrogens is 456 g/mol. The van der Waals surface area contributed by atoms with Crippen molar-refractivity contribution in [3.05, 3.63) is 35.8 Å². The maximum absolute atomic E-state index is 13.5. The highest BCUT2D eigenvalue weighted by molar-refractivity contribution is 14.0. The van der Waals surface area contributed by atoms with Crippen LogP contribution in [0.4, 0.5) is 4.39 Å². The van der Waals surface area contributed by atoms with Crippen molar-refractivity contribution in [1.82, 2.24) is 20.5 Å². The lowest BCUT2D eigenvalue weighted by Gasteiger charge is -2.17. The van der Waals surface area contributed by atoms with E-state index in [9.17, 15) is 4.39 Å². The second-order valence-corrected chi connectivity index (χ2v) is 7.51. The van der Waals surface area contributed by atoms with E-state index in [1.165, 1.54) is 38.4 Å². The van der Waals surface area contributed by atoms with Crippen molar-refractivity contribution in [2.75, 3.05) is 33.2 Å². The molecule has 2 fully saturated rings. The Bertz CT molecular complexity index is 786. The summed E-state index contributed by atoms with van der Waals surface area (Å²) < 4.78 is 13.5. The zero-order chi connectivity index (χ0) is 17.9. The van der Waals surface area contributed by atoms with Crippen LogP contribution in [0.1, 0.15) is 24.8 Å². The van der Waals surface area contributed by atoms with Gasteiger partial charge in [-0.25, -0.2) is 4.39 Å². The number of benzene rings is 1. The highest BCUT2D eigenvalue weighted by Crippen LogP contribution is 2.31. The monoisotopic (exact) mass is 485 g/mol. The van der Waals surface area contributed by atoms with Crippen LogP contribution in [0.3, 0.4) is 0 Å². The van der Waals surface area contributed by atoms with Crippen molar-refractivity contribution in [2.24, 2.45) is 10.9 Å². The number of guanidine groups is 1. The molecule has 1 saturated carbocycles. The number of aromatic amines is 1. The average Bonchev–Trinajstić information content (AvgIpc) is 3.26.